The van der Waals surface area contributed by atoms with Crippen molar-refractivity contribution in [1.29, 1.82) is 0 Å². The van der Waals surface area contributed by atoms with E-state index in [9.17, 15) is 9.59 Å². The van der Waals surface area contributed by atoms with Gasteiger partial charge in [-0.25, -0.2) is 0 Å². The Hall–Kier alpha value is -1.16. The van der Waals surface area contributed by atoms with Gasteiger partial charge in [0.1, 0.15) is 0 Å². The number of carbonyl (C=O) groups excluding carboxylic acids is 2. The predicted molar refractivity (Wildman–Crippen MR) is 77.0 cm³/mol. The van der Waals surface area contributed by atoms with Crippen molar-refractivity contribution in [3.63, 3.8) is 0 Å². The number of piperidine rings is 1. The van der Waals surface area contributed by atoms with E-state index in [0.717, 1.165) is 38.8 Å². The Labute approximate surface area is 120 Å². The topological polar surface area (TPSA) is 49.4 Å². The molecule has 2 amide bonds. The van der Waals surface area contributed by atoms with Gasteiger partial charge in [-0.1, -0.05) is 24.5 Å². The minimum absolute atomic E-state index is 0.0265. The van der Waals surface area contributed by atoms with Crippen LogP contribution in [0, 0.1) is 5.41 Å². The molecule has 1 N–H and O–H groups in total. The molecule has 0 aromatic rings. The fraction of sp³-hybridized carbons (Fsp3) is 0.750. The number of nitrogens with zero attached hydrogens (tertiary/aromatic N) is 1. The fourth-order valence-corrected chi connectivity index (χ4v) is 3.91. The molecule has 110 valence electrons. The van der Waals surface area contributed by atoms with E-state index >= 15 is 0 Å². The van der Waals surface area contributed by atoms with Crippen molar-refractivity contribution in [1.82, 2.24) is 10.2 Å². The minimum Gasteiger partial charge on any atom is -0.313 e. The number of hydrogen-bond acceptors (Lipinski definition) is 3. The van der Waals surface area contributed by atoms with E-state index < -0.39 is 0 Å². The summed E-state index contributed by atoms with van der Waals surface area (Å²) in [4.78, 5) is 26.1. The van der Waals surface area contributed by atoms with Crippen LogP contribution in [0.1, 0.15) is 51.4 Å². The van der Waals surface area contributed by atoms with E-state index in [0.29, 0.717) is 19.4 Å². The third-order valence-electron chi connectivity index (χ3n) is 5.13. The molecular weight excluding hydrogens is 252 g/mol. The summed E-state index contributed by atoms with van der Waals surface area (Å²) in [5, 5.41) is 3.28. The average Bonchev–Trinajstić information content (AvgIpc) is 2.86. The van der Waals surface area contributed by atoms with Gasteiger partial charge in [0.25, 0.3) is 0 Å². The molecule has 2 fully saturated rings. The zero-order chi connectivity index (χ0) is 14.0. The lowest BCUT2D eigenvalue weighted by Gasteiger charge is -2.37. The fourth-order valence-electron chi connectivity index (χ4n) is 3.91. The van der Waals surface area contributed by atoms with E-state index in [1.54, 1.807) is 0 Å². The normalized spacial score (nSPS) is 26.2. The summed E-state index contributed by atoms with van der Waals surface area (Å²) in [6.07, 6.45) is 9.77. The van der Waals surface area contributed by atoms with Crippen LogP contribution in [0.5, 0.6) is 0 Å². The second-order valence-electron chi connectivity index (χ2n) is 6.57. The Morgan fingerprint density at radius 1 is 1.15 bits per heavy atom. The molecular formula is C16H24N2O2. The minimum atomic E-state index is 0.0265. The summed E-state index contributed by atoms with van der Waals surface area (Å²) >= 11 is 0. The van der Waals surface area contributed by atoms with Crippen molar-refractivity contribution < 1.29 is 9.59 Å². The van der Waals surface area contributed by atoms with Crippen molar-refractivity contribution in [3.05, 3.63) is 11.6 Å². The van der Waals surface area contributed by atoms with E-state index in [-0.39, 0.29) is 17.2 Å². The summed E-state index contributed by atoms with van der Waals surface area (Å²) in [6, 6.07) is 0. The first-order valence-electron chi connectivity index (χ1n) is 7.90. The predicted octanol–water partition coefficient (Wildman–Crippen LogP) is 2.01. The lowest BCUT2D eigenvalue weighted by Crippen LogP contribution is -2.47. The molecule has 3 aliphatic rings. The summed E-state index contributed by atoms with van der Waals surface area (Å²) in [6.45, 7) is 2.51. The molecule has 0 radical (unpaired) electrons. The molecule has 0 bridgehead atoms. The lowest BCUT2D eigenvalue weighted by atomic mass is 9.76. The third-order valence-corrected chi connectivity index (χ3v) is 5.13. The highest BCUT2D eigenvalue weighted by Gasteiger charge is 2.44. The van der Waals surface area contributed by atoms with Gasteiger partial charge in [0.05, 0.1) is 0 Å². The first-order chi connectivity index (χ1) is 9.69. The smallest absolute Gasteiger partial charge is 0.229 e. The Bertz CT molecular complexity index is 416. The molecule has 0 atom stereocenters. The van der Waals surface area contributed by atoms with E-state index in [4.69, 9.17) is 0 Å². The number of hydrogen-bond donors (Lipinski definition) is 1. The van der Waals surface area contributed by atoms with Crippen molar-refractivity contribution in [2.24, 2.45) is 5.41 Å². The molecule has 1 aliphatic carbocycles. The third kappa shape index (κ3) is 2.80. The van der Waals surface area contributed by atoms with Gasteiger partial charge < -0.3 is 5.32 Å². The second kappa shape index (κ2) is 5.68. The molecule has 2 heterocycles. The summed E-state index contributed by atoms with van der Waals surface area (Å²) in [5.74, 6) is 0.135. The zero-order valence-corrected chi connectivity index (χ0v) is 12.1. The number of rotatable bonds is 3. The average molecular weight is 276 g/mol. The van der Waals surface area contributed by atoms with E-state index in [1.807, 2.05) is 0 Å². The van der Waals surface area contributed by atoms with Crippen molar-refractivity contribution >= 4 is 11.8 Å². The van der Waals surface area contributed by atoms with Crippen molar-refractivity contribution in [3.8, 4) is 0 Å². The molecule has 1 spiro atoms. The number of carbonyl (C=O) groups is 2. The lowest BCUT2D eigenvalue weighted by molar-refractivity contribution is -0.153. The summed E-state index contributed by atoms with van der Waals surface area (Å²) in [7, 11) is 0. The maximum absolute atomic E-state index is 12.3. The van der Waals surface area contributed by atoms with Gasteiger partial charge in [0, 0.05) is 25.9 Å². The molecule has 20 heavy (non-hydrogen) atoms. The maximum Gasteiger partial charge on any atom is 0.229 e. The number of likely N-dealkylation sites (tertiary alicyclic amines) is 1. The summed E-state index contributed by atoms with van der Waals surface area (Å²) in [5.41, 5.74) is 1.41. The van der Waals surface area contributed by atoms with Gasteiger partial charge in [0.2, 0.25) is 11.8 Å². The number of imide groups is 1. The van der Waals surface area contributed by atoms with Crippen LogP contribution in [-0.4, -0.2) is 36.3 Å². The summed E-state index contributed by atoms with van der Waals surface area (Å²) < 4.78 is 0. The largest absolute Gasteiger partial charge is 0.313 e. The van der Waals surface area contributed by atoms with Crippen LogP contribution in [0.25, 0.3) is 0 Å². The van der Waals surface area contributed by atoms with Crippen molar-refractivity contribution in [2.45, 2.75) is 51.4 Å². The van der Waals surface area contributed by atoms with Crippen LogP contribution >= 0.6 is 0 Å². The molecule has 3 rings (SSSR count). The first-order valence-corrected chi connectivity index (χ1v) is 7.90. The van der Waals surface area contributed by atoms with Gasteiger partial charge >= 0.3 is 0 Å². The standard InChI is InChI=1S/C16H24N2O2/c19-14-11-16(6-1-2-7-16)12-15(20)18(14)10-5-13-3-8-17-9-4-13/h3,17H,1-2,4-12H2. The maximum atomic E-state index is 12.3. The second-order valence-corrected chi connectivity index (χ2v) is 6.57. The van der Waals surface area contributed by atoms with Gasteiger partial charge in [-0.3, -0.25) is 14.5 Å². The Morgan fingerprint density at radius 2 is 1.85 bits per heavy atom. The van der Waals surface area contributed by atoms with Gasteiger partial charge in [-0.05, 0) is 37.6 Å². The quantitative estimate of drug-likeness (QED) is 0.633. The molecule has 0 unspecified atom stereocenters. The highest BCUT2D eigenvalue weighted by Crippen LogP contribution is 2.46. The molecule has 0 aromatic carbocycles. The Kier molecular flexibility index (Phi) is 3.92. The molecule has 0 aromatic heterocycles. The van der Waals surface area contributed by atoms with E-state index in [2.05, 4.69) is 11.4 Å². The molecule has 1 saturated heterocycles. The van der Waals surface area contributed by atoms with Crippen LogP contribution in [0.3, 0.4) is 0 Å². The number of amides is 2. The SMILES string of the molecule is O=C1CC2(CCCC2)CC(=O)N1CCC1=CCNCC1. The molecule has 1 saturated carbocycles. The van der Waals surface area contributed by atoms with Crippen LogP contribution in [0.2, 0.25) is 0 Å². The van der Waals surface area contributed by atoms with Gasteiger partial charge in [0.15, 0.2) is 0 Å². The highest BCUT2D eigenvalue weighted by atomic mass is 16.2. The number of nitrogens with one attached hydrogen (secondary N) is 1. The van der Waals surface area contributed by atoms with Crippen LogP contribution < -0.4 is 5.32 Å². The monoisotopic (exact) mass is 276 g/mol. The Morgan fingerprint density at radius 3 is 2.45 bits per heavy atom. The first kappa shape index (κ1) is 13.8. The zero-order valence-electron chi connectivity index (χ0n) is 12.1. The van der Waals surface area contributed by atoms with E-state index in [1.165, 1.54) is 23.3 Å². The van der Waals surface area contributed by atoms with Crippen LogP contribution in [0.15, 0.2) is 11.6 Å². The van der Waals surface area contributed by atoms with Crippen LogP contribution in [-0.2, 0) is 9.59 Å². The molecule has 4 heteroatoms. The van der Waals surface area contributed by atoms with Gasteiger partial charge in [-0.2, -0.15) is 0 Å². The highest BCUT2D eigenvalue weighted by molar-refractivity contribution is 5.98. The van der Waals surface area contributed by atoms with Crippen LogP contribution in [0.4, 0.5) is 0 Å². The Balaban J connectivity index is 1.58. The molecule has 4 nitrogen and oxygen atoms in total. The van der Waals surface area contributed by atoms with Crippen molar-refractivity contribution in [2.75, 3.05) is 19.6 Å². The molecule has 2 aliphatic heterocycles. The van der Waals surface area contributed by atoms with Gasteiger partial charge in [-0.15, -0.1) is 0 Å².